The molecule has 1 unspecified atom stereocenters. The first-order valence-electron chi connectivity index (χ1n) is 6.75. The summed E-state index contributed by atoms with van der Waals surface area (Å²) in [7, 11) is 1.83. The van der Waals surface area contributed by atoms with Crippen LogP contribution in [0, 0.1) is 0 Å². The van der Waals surface area contributed by atoms with Gasteiger partial charge in [0.1, 0.15) is 23.5 Å². The van der Waals surface area contributed by atoms with E-state index in [0.717, 1.165) is 24.5 Å². The molecule has 1 aliphatic carbocycles. The van der Waals surface area contributed by atoms with Crippen LogP contribution in [0.25, 0.3) is 0 Å². The molecule has 1 amide bonds. The van der Waals surface area contributed by atoms with Crippen molar-refractivity contribution in [2.75, 3.05) is 24.2 Å². The highest BCUT2D eigenvalue weighted by Crippen LogP contribution is 2.38. The average molecular weight is 263 g/mol. The van der Waals surface area contributed by atoms with Gasteiger partial charge < -0.3 is 16.0 Å². The van der Waals surface area contributed by atoms with E-state index in [9.17, 15) is 4.79 Å². The number of hydrogen-bond acceptors (Lipinski definition) is 5. The van der Waals surface area contributed by atoms with E-state index in [-0.39, 0.29) is 11.9 Å². The molecule has 0 radical (unpaired) electrons. The monoisotopic (exact) mass is 263 g/mol. The quantitative estimate of drug-likeness (QED) is 0.721. The van der Waals surface area contributed by atoms with E-state index in [0.29, 0.717) is 18.3 Å². The molecule has 3 N–H and O–H groups in total. The molecule has 1 atom stereocenters. The maximum atomic E-state index is 11.7. The number of nitrogens with zero attached hydrogens (tertiary/aromatic N) is 2. The van der Waals surface area contributed by atoms with Crippen LogP contribution < -0.4 is 16.0 Å². The second-order valence-electron chi connectivity index (χ2n) is 4.78. The number of carbonyl (C=O) groups is 1. The van der Waals surface area contributed by atoms with E-state index in [1.54, 1.807) is 0 Å². The highest BCUT2D eigenvalue weighted by atomic mass is 16.2. The van der Waals surface area contributed by atoms with Crippen LogP contribution in [0.4, 0.5) is 11.6 Å². The SMILES string of the molecule is CCNC(=O)C(C)Nc1cc(NC)nc(C2CC2)n1. The number of aromatic nitrogens is 2. The summed E-state index contributed by atoms with van der Waals surface area (Å²) in [4.78, 5) is 20.6. The second-order valence-corrected chi connectivity index (χ2v) is 4.78. The Hall–Kier alpha value is -1.85. The number of amides is 1. The first-order chi connectivity index (χ1) is 9.13. The summed E-state index contributed by atoms with van der Waals surface area (Å²) < 4.78 is 0. The number of rotatable bonds is 6. The van der Waals surface area contributed by atoms with Crippen LogP contribution in [-0.4, -0.2) is 35.5 Å². The number of hydrogen-bond donors (Lipinski definition) is 3. The molecule has 1 saturated carbocycles. The number of nitrogens with one attached hydrogen (secondary N) is 3. The van der Waals surface area contributed by atoms with Gasteiger partial charge in [0.05, 0.1) is 0 Å². The van der Waals surface area contributed by atoms with Gasteiger partial charge in [0.2, 0.25) is 5.91 Å². The van der Waals surface area contributed by atoms with Gasteiger partial charge in [-0.05, 0) is 26.7 Å². The summed E-state index contributed by atoms with van der Waals surface area (Å²) in [5.74, 6) is 2.79. The van der Waals surface area contributed by atoms with E-state index in [1.807, 2.05) is 27.0 Å². The van der Waals surface area contributed by atoms with Crippen molar-refractivity contribution in [1.82, 2.24) is 15.3 Å². The molecule has 1 heterocycles. The minimum Gasteiger partial charge on any atom is -0.373 e. The van der Waals surface area contributed by atoms with Crippen molar-refractivity contribution < 1.29 is 4.79 Å². The summed E-state index contributed by atoms with van der Waals surface area (Å²) in [6.07, 6.45) is 2.30. The zero-order valence-corrected chi connectivity index (χ0v) is 11.7. The molecule has 1 aromatic rings. The maximum Gasteiger partial charge on any atom is 0.242 e. The van der Waals surface area contributed by atoms with Gasteiger partial charge in [-0.3, -0.25) is 4.79 Å². The molecule has 0 spiro atoms. The molecule has 2 rings (SSSR count). The lowest BCUT2D eigenvalue weighted by Gasteiger charge is -2.15. The summed E-state index contributed by atoms with van der Waals surface area (Å²) in [6, 6.07) is 1.51. The Morgan fingerprint density at radius 1 is 1.42 bits per heavy atom. The minimum atomic E-state index is -0.313. The fraction of sp³-hybridized carbons (Fsp3) is 0.615. The normalized spacial score (nSPS) is 15.7. The molecule has 1 aliphatic rings. The zero-order chi connectivity index (χ0) is 13.8. The van der Waals surface area contributed by atoms with Gasteiger partial charge in [-0.1, -0.05) is 0 Å². The lowest BCUT2D eigenvalue weighted by Crippen LogP contribution is -2.37. The Bertz CT molecular complexity index is 458. The van der Waals surface area contributed by atoms with Crippen molar-refractivity contribution in [2.24, 2.45) is 0 Å². The Morgan fingerprint density at radius 2 is 2.11 bits per heavy atom. The molecular formula is C13H21N5O. The third-order valence-electron chi connectivity index (χ3n) is 3.05. The van der Waals surface area contributed by atoms with Crippen molar-refractivity contribution in [3.05, 3.63) is 11.9 Å². The third-order valence-corrected chi connectivity index (χ3v) is 3.05. The van der Waals surface area contributed by atoms with Crippen LogP contribution in [0.5, 0.6) is 0 Å². The van der Waals surface area contributed by atoms with Crippen LogP contribution in [0.15, 0.2) is 6.07 Å². The molecule has 19 heavy (non-hydrogen) atoms. The Morgan fingerprint density at radius 3 is 2.68 bits per heavy atom. The number of anilines is 2. The van der Waals surface area contributed by atoms with E-state index in [4.69, 9.17) is 0 Å². The van der Waals surface area contributed by atoms with E-state index < -0.39 is 0 Å². The predicted molar refractivity (Wildman–Crippen MR) is 75.3 cm³/mol. The standard InChI is InChI=1S/C13H21N5O/c1-4-15-13(19)8(2)16-11-7-10(14-3)17-12(18-11)9-5-6-9/h7-9H,4-6H2,1-3H3,(H,15,19)(H2,14,16,17,18). The lowest BCUT2D eigenvalue weighted by molar-refractivity contribution is -0.121. The fourth-order valence-electron chi connectivity index (χ4n) is 1.81. The van der Waals surface area contributed by atoms with Crippen LogP contribution in [0.1, 0.15) is 38.4 Å². The van der Waals surface area contributed by atoms with Crippen LogP contribution in [-0.2, 0) is 4.79 Å². The van der Waals surface area contributed by atoms with E-state index >= 15 is 0 Å². The summed E-state index contributed by atoms with van der Waals surface area (Å²) in [5, 5.41) is 8.93. The van der Waals surface area contributed by atoms with Crippen LogP contribution in [0.3, 0.4) is 0 Å². The Kier molecular flexibility index (Phi) is 4.19. The smallest absolute Gasteiger partial charge is 0.242 e. The molecule has 0 bridgehead atoms. The van der Waals surface area contributed by atoms with Gasteiger partial charge in [0.25, 0.3) is 0 Å². The van der Waals surface area contributed by atoms with Gasteiger partial charge in [0, 0.05) is 25.6 Å². The molecule has 0 aliphatic heterocycles. The van der Waals surface area contributed by atoms with Crippen LogP contribution in [0.2, 0.25) is 0 Å². The zero-order valence-electron chi connectivity index (χ0n) is 11.7. The first kappa shape index (κ1) is 13.6. The fourth-order valence-corrected chi connectivity index (χ4v) is 1.81. The van der Waals surface area contributed by atoms with Crippen molar-refractivity contribution in [2.45, 2.75) is 38.6 Å². The van der Waals surface area contributed by atoms with Gasteiger partial charge in [-0.2, -0.15) is 0 Å². The van der Waals surface area contributed by atoms with Crippen molar-refractivity contribution in [3.8, 4) is 0 Å². The molecule has 0 aromatic carbocycles. The predicted octanol–water partition coefficient (Wildman–Crippen LogP) is 1.33. The largest absolute Gasteiger partial charge is 0.373 e. The minimum absolute atomic E-state index is 0.0277. The highest BCUT2D eigenvalue weighted by molar-refractivity contribution is 5.83. The van der Waals surface area contributed by atoms with Gasteiger partial charge >= 0.3 is 0 Å². The second kappa shape index (κ2) is 5.86. The number of likely N-dealkylation sites (N-methyl/N-ethyl adjacent to an activating group) is 1. The Labute approximate surface area is 113 Å². The average Bonchev–Trinajstić information content (AvgIpc) is 3.22. The van der Waals surface area contributed by atoms with Gasteiger partial charge in [-0.15, -0.1) is 0 Å². The highest BCUT2D eigenvalue weighted by Gasteiger charge is 2.27. The van der Waals surface area contributed by atoms with Crippen LogP contribution >= 0.6 is 0 Å². The van der Waals surface area contributed by atoms with E-state index in [1.165, 1.54) is 0 Å². The maximum absolute atomic E-state index is 11.7. The summed E-state index contributed by atoms with van der Waals surface area (Å²) >= 11 is 0. The molecule has 0 saturated heterocycles. The third kappa shape index (κ3) is 3.56. The van der Waals surface area contributed by atoms with Crippen molar-refractivity contribution >= 4 is 17.5 Å². The molecule has 104 valence electrons. The topological polar surface area (TPSA) is 78.9 Å². The Balaban J connectivity index is 2.10. The van der Waals surface area contributed by atoms with E-state index in [2.05, 4.69) is 25.9 Å². The molecule has 1 aromatic heterocycles. The lowest BCUT2D eigenvalue weighted by atomic mass is 10.3. The van der Waals surface area contributed by atoms with Crippen molar-refractivity contribution in [3.63, 3.8) is 0 Å². The van der Waals surface area contributed by atoms with Gasteiger partial charge in [-0.25, -0.2) is 9.97 Å². The first-order valence-corrected chi connectivity index (χ1v) is 6.75. The number of carbonyl (C=O) groups excluding carboxylic acids is 1. The summed E-state index contributed by atoms with van der Waals surface area (Å²) in [5.41, 5.74) is 0. The molecule has 6 nitrogen and oxygen atoms in total. The van der Waals surface area contributed by atoms with Gasteiger partial charge in [0.15, 0.2) is 0 Å². The molecular weight excluding hydrogens is 242 g/mol. The molecule has 6 heteroatoms. The summed E-state index contributed by atoms with van der Waals surface area (Å²) in [6.45, 7) is 4.35. The molecule has 1 fully saturated rings. The van der Waals surface area contributed by atoms with Crippen molar-refractivity contribution in [1.29, 1.82) is 0 Å².